The first-order valence-electron chi connectivity index (χ1n) is 7.90. The highest BCUT2D eigenvalue weighted by Crippen LogP contribution is 2.30. The molecule has 0 bridgehead atoms. The van der Waals surface area contributed by atoms with Crippen LogP contribution in [0.15, 0.2) is 24.3 Å². The molecule has 2 unspecified atom stereocenters. The van der Waals surface area contributed by atoms with Crippen molar-refractivity contribution in [2.75, 3.05) is 0 Å². The molecule has 3 N–H and O–H groups in total. The molecular weight excluding hydrogens is 244 g/mol. The van der Waals surface area contributed by atoms with Crippen LogP contribution in [0.4, 0.5) is 0 Å². The molecule has 1 rings (SSSR count). The van der Waals surface area contributed by atoms with E-state index in [1.807, 2.05) is 0 Å². The van der Waals surface area contributed by atoms with E-state index in [0.717, 1.165) is 12.8 Å². The number of hydrogen-bond donors (Lipinski definition) is 2. The van der Waals surface area contributed by atoms with Gasteiger partial charge in [-0.15, -0.1) is 0 Å². The van der Waals surface area contributed by atoms with Crippen LogP contribution in [0.2, 0.25) is 0 Å². The fourth-order valence-corrected chi connectivity index (χ4v) is 3.09. The zero-order chi connectivity index (χ0) is 15.2. The third kappa shape index (κ3) is 6.06. The quantitative estimate of drug-likeness (QED) is 0.564. The Labute approximate surface area is 125 Å². The van der Waals surface area contributed by atoms with Gasteiger partial charge in [0.25, 0.3) is 0 Å². The van der Waals surface area contributed by atoms with E-state index >= 15 is 0 Å². The molecule has 0 radical (unpaired) electrons. The van der Waals surface area contributed by atoms with E-state index < -0.39 is 0 Å². The molecular formula is C18H32N2. The van der Waals surface area contributed by atoms with Crippen molar-refractivity contribution in [3.8, 4) is 0 Å². The molecule has 2 heteroatoms. The molecule has 0 amide bonds. The molecule has 0 spiro atoms. The lowest BCUT2D eigenvalue weighted by atomic mass is 9.82. The predicted octanol–water partition coefficient (Wildman–Crippen LogP) is 4.61. The highest BCUT2D eigenvalue weighted by Gasteiger charge is 2.19. The van der Waals surface area contributed by atoms with Gasteiger partial charge in [0.2, 0.25) is 0 Å². The van der Waals surface area contributed by atoms with Crippen LogP contribution in [0.1, 0.15) is 71.0 Å². The van der Waals surface area contributed by atoms with E-state index in [4.69, 9.17) is 5.84 Å². The summed E-state index contributed by atoms with van der Waals surface area (Å²) in [6.45, 7) is 11.4. The molecule has 20 heavy (non-hydrogen) atoms. The summed E-state index contributed by atoms with van der Waals surface area (Å²) >= 11 is 0. The molecule has 0 saturated carbocycles. The van der Waals surface area contributed by atoms with Crippen molar-refractivity contribution in [2.24, 2.45) is 17.2 Å². The standard InChI is InChI=1S/C18H32N2/c1-6-8-15-9-7-10-16(12-15)17(20-19)11-14(2)13-18(3,4)5/h7,9-10,12,14,17,20H,6,8,11,13,19H2,1-5H3. The first-order chi connectivity index (χ1) is 9.35. The highest BCUT2D eigenvalue weighted by atomic mass is 15.2. The number of aryl methyl sites for hydroxylation is 1. The van der Waals surface area contributed by atoms with Crippen LogP contribution in [0, 0.1) is 11.3 Å². The van der Waals surface area contributed by atoms with Crippen LogP contribution in [0.5, 0.6) is 0 Å². The Morgan fingerprint density at radius 2 is 1.95 bits per heavy atom. The van der Waals surface area contributed by atoms with Crippen LogP contribution >= 0.6 is 0 Å². The first-order valence-corrected chi connectivity index (χ1v) is 7.90. The maximum Gasteiger partial charge on any atom is 0.0462 e. The maximum atomic E-state index is 5.79. The lowest BCUT2D eigenvalue weighted by Gasteiger charge is -2.27. The summed E-state index contributed by atoms with van der Waals surface area (Å²) in [5.41, 5.74) is 6.11. The molecule has 2 nitrogen and oxygen atoms in total. The van der Waals surface area contributed by atoms with Crippen LogP contribution in [0.25, 0.3) is 0 Å². The number of nitrogens with one attached hydrogen (secondary N) is 1. The van der Waals surface area contributed by atoms with Crippen molar-refractivity contribution >= 4 is 0 Å². The van der Waals surface area contributed by atoms with Gasteiger partial charge in [0.15, 0.2) is 0 Å². The molecule has 0 aromatic heterocycles. The maximum absolute atomic E-state index is 5.79. The Hall–Kier alpha value is -0.860. The minimum Gasteiger partial charge on any atom is -0.271 e. The van der Waals surface area contributed by atoms with E-state index in [-0.39, 0.29) is 6.04 Å². The molecule has 0 aliphatic heterocycles. The smallest absolute Gasteiger partial charge is 0.0462 e. The predicted molar refractivity (Wildman–Crippen MR) is 88.4 cm³/mol. The Balaban J connectivity index is 2.72. The number of rotatable bonds is 7. The second-order valence-corrected chi connectivity index (χ2v) is 7.32. The zero-order valence-electron chi connectivity index (χ0n) is 13.9. The number of hydrazine groups is 1. The normalized spacial score (nSPS) is 15.1. The van der Waals surface area contributed by atoms with Gasteiger partial charge in [-0.25, -0.2) is 0 Å². The zero-order valence-corrected chi connectivity index (χ0v) is 13.9. The monoisotopic (exact) mass is 276 g/mol. The lowest BCUT2D eigenvalue weighted by molar-refractivity contribution is 0.276. The summed E-state index contributed by atoms with van der Waals surface area (Å²) in [6.07, 6.45) is 4.64. The second kappa shape index (κ2) is 7.80. The molecule has 114 valence electrons. The Kier molecular flexibility index (Phi) is 6.70. The van der Waals surface area contributed by atoms with Crippen LogP contribution in [0.3, 0.4) is 0 Å². The average Bonchev–Trinajstić information content (AvgIpc) is 2.34. The van der Waals surface area contributed by atoms with Gasteiger partial charge in [-0.2, -0.15) is 0 Å². The Bertz CT molecular complexity index is 393. The van der Waals surface area contributed by atoms with E-state index in [0.29, 0.717) is 11.3 Å². The summed E-state index contributed by atoms with van der Waals surface area (Å²) < 4.78 is 0. The number of benzene rings is 1. The minimum absolute atomic E-state index is 0.254. The lowest BCUT2D eigenvalue weighted by Crippen LogP contribution is -2.30. The van der Waals surface area contributed by atoms with Gasteiger partial charge in [-0.3, -0.25) is 11.3 Å². The van der Waals surface area contributed by atoms with Crippen molar-refractivity contribution < 1.29 is 0 Å². The second-order valence-electron chi connectivity index (χ2n) is 7.32. The number of nitrogens with two attached hydrogens (primary N) is 1. The average molecular weight is 276 g/mol. The molecule has 1 aromatic rings. The van der Waals surface area contributed by atoms with E-state index in [1.54, 1.807) is 0 Å². The number of hydrogen-bond acceptors (Lipinski definition) is 2. The summed E-state index contributed by atoms with van der Waals surface area (Å²) in [5.74, 6) is 6.45. The van der Waals surface area contributed by atoms with Crippen molar-refractivity contribution in [3.05, 3.63) is 35.4 Å². The summed E-state index contributed by atoms with van der Waals surface area (Å²) in [7, 11) is 0. The highest BCUT2D eigenvalue weighted by molar-refractivity contribution is 5.26. The van der Waals surface area contributed by atoms with Crippen molar-refractivity contribution in [1.82, 2.24) is 5.43 Å². The van der Waals surface area contributed by atoms with Crippen LogP contribution < -0.4 is 11.3 Å². The Morgan fingerprint density at radius 1 is 1.25 bits per heavy atom. The molecule has 1 aromatic carbocycles. The summed E-state index contributed by atoms with van der Waals surface area (Å²) in [5, 5.41) is 0. The fourth-order valence-electron chi connectivity index (χ4n) is 3.09. The van der Waals surface area contributed by atoms with Gasteiger partial charge in [0.05, 0.1) is 0 Å². The summed E-state index contributed by atoms with van der Waals surface area (Å²) in [6, 6.07) is 9.10. The van der Waals surface area contributed by atoms with Gasteiger partial charge in [0, 0.05) is 6.04 Å². The van der Waals surface area contributed by atoms with Crippen molar-refractivity contribution in [2.45, 2.75) is 66.3 Å². The van der Waals surface area contributed by atoms with Gasteiger partial charge in [-0.05, 0) is 41.7 Å². The third-order valence-electron chi connectivity index (χ3n) is 3.69. The largest absolute Gasteiger partial charge is 0.271 e. The molecule has 0 aliphatic carbocycles. The fraction of sp³-hybridized carbons (Fsp3) is 0.667. The van der Waals surface area contributed by atoms with Gasteiger partial charge in [0.1, 0.15) is 0 Å². The van der Waals surface area contributed by atoms with Crippen molar-refractivity contribution in [1.29, 1.82) is 0 Å². The van der Waals surface area contributed by atoms with E-state index in [1.165, 1.54) is 24.0 Å². The molecule has 2 atom stereocenters. The van der Waals surface area contributed by atoms with Crippen LogP contribution in [-0.4, -0.2) is 0 Å². The van der Waals surface area contributed by atoms with E-state index in [2.05, 4.69) is 64.3 Å². The van der Waals surface area contributed by atoms with Gasteiger partial charge < -0.3 is 0 Å². The van der Waals surface area contributed by atoms with Crippen molar-refractivity contribution in [3.63, 3.8) is 0 Å². The summed E-state index contributed by atoms with van der Waals surface area (Å²) in [4.78, 5) is 0. The molecule has 0 heterocycles. The third-order valence-corrected chi connectivity index (χ3v) is 3.69. The van der Waals surface area contributed by atoms with Gasteiger partial charge in [-0.1, -0.05) is 65.3 Å². The molecule has 0 fully saturated rings. The van der Waals surface area contributed by atoms with Crippen LogP contribution in [-0.2, 0) is 6.42 Å². The first kappa shape index (κ1) is 17.2. The molecule has 0 aliphatic rings. The molecule has 0 saturated heterocycles. The van der Waals surface area contributed by atoms with E-state index in [9.17, 15) is 0 Å². The minimum atomic E-state index is 0.254. The van der Waals surface area contributed by atoms with Gasteiger partial charge >= 0.3 is 0 Å². The SMILES string of the molecule is CCCc1cccc(C(CC(C)CC(C)(C)C)NN)c1. The Morgan fingerprint density at radius 3 is 2.50 bits per heavy atom. The topological polar surface area (TPSA) is 38.0 Å².